The molecule has 14 heavy (non-hydrogen) atoms. The van der Waals surface area contributed by atoms with Gasteiger partial charge < -0.3 is 10.5 Å². The van der Waals surface area contributed by atoms with Gasteiger partial charge in [0.15, 0.2) is 0 Å². The largest absolute Gasteiger partial charge is 0.466 e. The van der Waals surface area contributed by atoms with Gasteiger partial charge in [-0.15, -0.1) is 0 Å². The molecule has 1 heterocycles. The maximum atomic E-state index is 11.5. The normalized spacial score (nSPS) is 12.4. The summed E-state index contributed by atoms with van der Waals surface area (Å²) in [6, 6.07) is 0. The number of nitrogens with one attached hydrogen (secondary N) is 1. The molecule has 0 aliphatic carbocycles. The Morgan fingerprint density at radius 2 is 2.57 bits per heavy atom. The number of nitrogens with two attached hydrogens (primary N) is 1. The molecule has 78 valence electrons. The van der Waals surface area contributed by atoms with Crippen molar-refractivity contribution in [1.29, 1.82) is 0 Å². The van der Waals surface area contributed by atoms with E-state index in [1.54, 1.807) is 19.3 Å². The van der Waals surface area contributed by atoms with Crippen molar-refractivity contribution < 1.29 is 9.53 Å². The minimum absolute atomic E-state index is 0.237. The van der Waals surface area contributed by atoms with Crippen molar-refractivity contribution in [3.05, 3.63) is 18.0 Å². The number of rotatable bonds is 5. The van der Waals surface area contributed by atoms with Crippen molar-refractivity contribution in [3.8, 4) is 0 Å². The fourth-order valence-corrected chi connectivity index (χ4v) is 1.28. The van der Waals surface area contributed by atoms with E-state index in [4.69, 9.17) is 10.5 Å². The summed E-state index contributed by atoms with van der Waals surface area (Å²) in [5.74, 6) is -0.530. The Hall–Kier alpha value is -1.36. The van der Waals surface area contributed by atoms with E-state index in [0.717, 1.165) is 5.56 Å². The maximum absolute atomic E-state index is 11.5. The third kappa shape index (κ3) is 2.56. The van der Waals surface area contributed by atoms with Gasteiger partial charge in [-0.3, -0.25) is 9.89 Å². The van der Waals surface area contributed by atoms with Crippen LogP contribution in [-0.2, 0) is 9.53 Å². The molecule has 0 aromatic carbocycles. The van der Waals surface area contributed by atoms with Crippen molar-refractivity contribution in [2.45, 2.75) is 19.3 Å². The van der Waals surface area contributed by atoms with Gasteiger partial charge in [-0.05, 0) is 19.9 Å². The molecule has 1 rings (SSSR count). The van der Waals surface area contributed by atoms with E-state index in [2.05, 4.69) is 10.2 Å². The molecule has 1 atom stereocenters. The van der Waals surface area contributed by atoms with Crippen molar-refractivity contribution >= 4 is 5.97 Å². The highest BCUT2D eigenvalue weighted by Gasteiger charge is 2.21. The molecule has 0 amide bonds. The zero-order chi connectivity index (χ0) is 10.4. The molecule has 3 N–H and O–H groups in total. The lowest BCUT2D eigenvalue weighted by molar-refractivity contribution is -0.145. The van der Waals surface area contributed by atoms with Crippen LogP contribution in [0.1, 0.15) is 24.8 Å². The Labute approximate surface area is 82.6 Å². The summed E-state index contributed by atoms with van der Waals surface area (Å²) in [5.41, 5.74) is 6.26. The summed E-state index contributed by atoms with van der Waals surface area (Å²) in [6.07, 6.45) is 3.90. The molecular formula is C9H15N3O2. The van der Waals surface area contributed by atoms with E-state index in [0.29, 0.717) is 19.6 Å². The van der Waals surface area contributed by atoms with Crippen LogP contribution in [0.4, 0.5) is 0 Å². The summed E-state index contributed by atoms with van der Waals surface area (Å²) in [4.78, 5) is 11.5. The maximum Gasteiger partial charge on any atom is 0.313 e. The number of aromatic nitrogens is 2. The topological polar surface area (TPSA) is 81.0 Å². The van der Waals surface area contributed by atoms with E-state index in [9.17, 15) is 4.79 Å². The van der Waals surface area contributed by atoms with E-state index < -0.39 is 0 Å². The molecule has 5 nitrogen and oxygen atoms in total. The molecule has 5 heteroatoms. The Morgan fingerprint density at radius 3 is 3.07 bits per heavy atom. The van der Waals surface area contributed by atoms with Crippen molar-refractivity contribution in [2.75, 3.05) is 13.2 Å². The lowest BCUT2D eigenvalue weighted by Gasteiger charge is -2.12. The van der Waals surface area contributed by atoms with Gasteiger partial charge in [-0.25, -0.2) is 0 Å². The monoisotopic (exact) mass is 197 g/mol. The third-order valence-corrected chi connectivity index (χ3v) is 1.95. The van der Waals surface area contributed by atoms with E-state index in [1.807, 2.05) is 0 Å². The van der Waals surface area contributed by atoms with Crippen LogP contribution in [0.15, 0.2) is 12.4 Å². The zero-order valence-corrected chi connectivity index (χ0v) is 8.19. The van der Waals surface area contributed by atoms with E-state index >= 15 is 0 Å². The molecule has 0 fully saturated rings. The number of aromatic amines is 1. The van der Waals surface area contributed by atoms with Crippen LogP contribution in [-0.4, -0.2) is 29.3 Å². The molecule has 1 unspecified atom stereocenters. The zero-order valence-electron chi connectivity index (χ0n) is 8.19. The first-order valence-corrected chi connectivity index (χ1v) is 4.65. The SMILES string of the molecule is CCOC(=O)C(CCN)c1cn[nH]c1. The molecule has 0 radical (unpaired) electrons. The molecule has 0 spiro atoms. The van der Waals surface area contributed by atoms with E-state index in [1.165, 1.54) is 0 Å². The third-order valence-electron chi connectivity index (χ3n) is 1.95. The fraction of sp³-hybridized carbons (Fsp3) is 0.556. The Bertz CT molecular complexity index is 272. The minimum Gasteiger partial charge on any atom is -0.466 e. The highest BCUT2D eigenvalue weighted by atomic mass is 16.5. The second kappa shape index (κ2) is 5.39. The Balaban J connectivity index is 2.69. The smallest absolute Gasteiger partial charge is 0.313 e. The van der Waals surface area contributed by atoms with Crippen molar-refractivity contribution in [3.63, 3.8) is 0 Å². The van der Waals surface area contributed by atoms with E-state index in [-0.39, 0.29) is 11.9 Å². The summed E-state index contributed by atoms with van der Waals surface area (Å²) in [5, 5.41) is 6.46. The van der Waals surface area contributed by atoms with Gasteiger partial charge in [0.2, 0.25) is 0 Å². The van der Waals surface area contributed by atoms with Gasteiger partial charge in [0.1, 0.15) is 0 Å². The summed E-state index contributed by atoms with van der Waals surface area (Å²) in [6.45, 7) is 2.62. The van der Waals surface area contributed by atoms with Gasteiger partial charge in [0.25, 0.3) is 0 Å². The van der Waals surface area contributed by atoms with Crippen molar-refractivity contribution in [2.24, 2.45) is 5.73 Å². The Kier molecular flexibility index (Phi) is 4.12. The molecule has 0 aliphatic heterocycles. The van der Waals surface area contributed by atoms with Gasteiger partial charge in [0, 0.05) is 11.8 Å². The highest BCUT2D eigenvalue weighted by molar-refractivity contribution is 5.77. The molecule has 1 aromatic rings. The molecular weight excluding hydrogens is 182 g/mol. The number of hydrogen-bond acceptors (Lipinski definition) is 4. The average molecular weight is 197 g/mol. The lowest BCUT2D eigenvalue weighted by Crippen LogP contribution is -2.18. The predicted octanol–water partition coefficient (Wildman–Crippen LogP) is 0.405. The molecule has 1 aromatic heterocycles. The lowest BCUT2D eigenvalue weighted by atomic mass is 9.99. The summed E-state index contributed by atoms with van der Waals surface area (Å²) < 4.78 is 4.94. The van der Waals surface area contributed by atoms with Crippen molar-refractivity contribution in [1.82, 2.24) is 10.2 Å². The first-order valence-electron chi connectivity index (χ1n) is 4.65. The average Bonchev–Trinajstić information content (AvgIpc) is 2.67. The van der Waals surface area contributed by atoms with Crippen LogP contribution in [0, 0.1) is 0 Å². The minimum atomic E-state index is -0.293. The van der Waals surface area contributed by atoms with Gasteiger partial charge in [-0.2, -0.15) is 5.10 Å². The van der Waals surface area contributed by atoms with Gasteiger partial charge >= 0.3 is 5.97 Å². The highest BCUT2D eigenvalue weighted by Crippen LogP contribution is 2.19. The number of carbonyl (C=O) groups excluding carboxylic acids is 1. The number of nitrogens with zero attached hydrogens (tertiary/aromatic N) is 1. The van der Waals surface area contributed by atoms with Crippen LogP contribution in [0.5, 0.6) is 0 Å². The van der Waals surface area contributed by atoms with Crippen LogP contribution in [0.2, 0.25) is 0 Å². The second-order valence-electron chi connectivity index (χ2n) is 2.91. The number of ether oxygens (including phenoxy) is 1. The number of carbonyl (C=O) groups is 1. The number of H-pyrrole nitrogens is 1. The van der Waals surface area contributed by atoms with Crippen LogP contribution < -0.4 is 5.73 Å². The fourth-order valence-electron chi connectivity index (χ4n) is 1.28. The first kappa shape index (κ1) is 10.7. The summed E-state index contributed by atoms with van der Waals surface area (Å²) in [7, 11) is 0. The molecule has 0 saturated carbocycles. The first-order chi connectivity index (χ1) is 6.79. The van der Waals surface area contributed by atoms with Crippen LogP contribution >= 0.6 is 0 Å². The number of esters is 1. The molecule has 0 aliphatic rings. The van der Waals surface area contributed by atoms with Crippen LogP contribution in [0.25, 0.3) is 0 Å². The van der Waals surface area contributed by atoms with Gasteiger partial charge in [0.05, 0.1) is 18.7 Å². The quantitative estimate of drug-likeness (QED) is 0.670. The van der Waals surface area contributed by atoms with Gasteiger partial charge in [-0.1, -0.05) is 0 Å². The predicted molar refractivity (Wildman–Crippen MR) is 51.6 cm³/mol. The Morgan fingerprint density at radius 1 is 1.79 bits per heavy atom. The van der Waals surface area contributed by atoms with Crippen LogP contribution in [0.3, 0.4) is 0 Å². The molecule has 0 saturated heterocycles. The summed E-state index contributed by atoms with van der Waals surface area (Å²) >= 11 is 0. The standard InChI is InChI=1S/C9H15N3O2/c1-2-14-9(13)8(3-4-10)7-5-11-12-6-7/h5-6,8H,2-4,10H2,1H3,(H,11,12). The number of hydrogen-bond donors (Lipinski definition) is 2. The second-order valence-corrected chi connectivity index (χ2v) is 2.91. The molecule has 0 bridgehead atoms.